The minimum Gasteiger partial charge on any atom is -0.444 e. The van der Waals surface area contributed by atoms with Crippen LogP contribution >= 0.6 is 34.8 Å². The first-order valence-corrected chi connectivity index (χ1v) is 11.7. The van der Waals surface area contributed by atoms with E-state index in [2.05, 4.69) is 10.3 Å². The van der Waals surface area contributed by atoms with Crippen LogP contribution in [0.4, 0.5) is 4.79 Å². The lowest BCUT2D eigenvalue weighted by atomic mass is 10.0. The molecule has 0 fully saturated rings. The number of esters is 1. The van der Waals surface area contributed by atoms with Crippen molar-refractivity contribution in [1.82, 2.24) is 10.3 Å². The SMILES string of the molecule is CC(C)(C)OC(=O)NCCC=C(Cc1c[nH]c2ccccc12)C(=O)Oc1cc(Cl)c(Cl)cc1Cl. The minimum atomic E-state index is -0.594. The number of carbonyl (C=O) groups is 2. The molecule has 0 radical (unpaired) electrons. The number of carbonyl (C=O) groups excluding carboxylic acids is 2. The first-order chi connectivity index (χ1) is 16.0. The minimum absolute atomic E-state index is 0.109. The maximum atomic E-state index is 13.1. The molecule has 0 saturated heterocycles. The molecule has 6 nitrogen and oxygen atoms in total. The van der Waals surface area contributed by atoms with E-state index in [-0.39, 0.29) is 27.4 Å². The highest BCUT2D eigenvalue weighted by atomic mass is 35.5. The van der Waals surface area contributed by atoms with Gasteiger partial charge in [0.1, 0.15) is 5.60 Å². The third-order valence-corrected chi connectivity index (χ3v) is 5.72. The number of alkyl carbamates (subject to hydrolysis) is 1. The van der Waals surface area contributed by atoms with Gasteiger partial charge in [-0.15, -0.1) is 0 Å². The summed E-state index contributed by atoms with van der Waals surface area (Å²) in [6.07, 6.45) is 3.77. The lowest BCUT2D eigenvalue weighted by Crippen LogP contribution is -2.32. The number of hydrogen-bond donors (Lipinski definition) is 2. The average molecular weight is 524 g/mol. The molecule has 0 bridgehead atoms. The Bertz CT molecular complexity index is 1230. The van der Waals surface area contributed by atoms with Crippen LogP contribution in [0.2, 0.25) is 15.1 Å². The van der Waals surface area contributed by atoms with Gasteiger partial charge in [-0.25, -0.2) is 9.59 Å². The lowest BCUT2D eigenvalue weighted by Gasteiger charge is -2.19. The summed E-state index contributed by atoms with van der Waals surface area (Å²) in [6.45, 7) is 5.65. The fraction of sp³-hybridized carbons (Fsp3) is 0.280. The molecule has 0 aliphatic rings. The van der Waals surface area contributed by atoms with Gasteiger partial charge in [0.15, 0.2) is 5.75 Å². The van der Waals surface area contributed by atoms with Crippen molar-refractivity contribution >= 4 is 57.8 Å². The summed E-state index contributed by atoms with van der Waals surface area (Å²) in [4.78, 5) is 28.2. The molecule has 0 aliphatic heterocycles. The Morgan fingerprint density at radius 2 is 1.76 bits per heavy atom. The molecule has 2 N–H and O–H groups in total. The number of rotatable bonds is 7. The zero-order valence-corrected chi connectivity index (χ0v) is 21.3. The number of para-hydroxylation sites is 1. The highest BCUT2D eigenvalue weighted by Crippen LogP contribution is 2.34. The van der Waals surface area contributed by atoms with Gasteiger partial charge in [-0.2, -0.15) is 0 Å². The Morgan fingerprint density at radius 3 is 2.50 bits per heavy atom. The van der Waals surface area contributed by atoms with E-state index in [0.717, 1.165) is 16.5 Å². The predicted molar refractivity (Wildman–Crippen MR) is 136 cm³/mol. The van der Waals surface area contributed by atoms with Crippen molar-refractivity contribution in [3.8, 4) is 5.75 Å². The third kappa shape index (κ3) is 7.16. The standard InChI is InChI=1S/C25H25Cl3N2O4/c1-25(2,3)34-24(32)29-10-6-7-15(11-16-14-30-21-9-5-4-8-17(16)21)23(31)33-22-13-19(27)18(26)12-20(22)28/h4-5,7-9,12-14,30H,6,10-11H2,1-3H3,(H,29,32). The van der Waals surface area contributed by atoms with Crippen LogP contribution in [-0.2, 0) is 16.0 Å². The van der Waals surface area contributed by atoms with E-state index in [1.807, 2.05) is 30.5 Å². The number of H-pyrrole nitrogens is 1. The molecule has 0 spiro atoms. The van der Waals surface area contributed by atoms with Crippen LogP contribution in [0.3, 0.4) is 0 Å². The van der Waals surface area contributed by atoms with Gasteiger partial charge in [0.25, 0.3) is 0 Å². The number of nitrogens with one attached hydrogen (secondary N) is 2. The van der Waals surface area contributed by atoms with E-state index in [4.69, 9.17) is 44.3 Å². The summed E-state index contributed by atoms with van der Waals surface area (Å²) >= 11 is 18.2. The molecule has 3 aromatic rings. The number of aromatic amines is 1. The molecule has 1 amide bonds. The quantitative estimate of drug-likeness (QED) is 0.114. The molecule has 1 aromatic heterocycles. The van der Waals surface area contributed by atoms with E-state index in [1.54, 1.807) is 26.8 Å². The second-order valence-electron chi connectivity index (χ2n) is 8.57. The molecule has 1 heterocycles. The molecule has 2 aromatic carbocycles. The van der Waals surface area contributed by atoms with Gasteiger partial charge in [0, 0.05) is 41.7 Å². The second-order valence-corrected chi connectivity index (χ2v) is 9.79. The van der Waals surface area contributed by atoms with E-state index < -0.39 is 17.7 Å². The van der Waals surface area contributed by atoms with Crippen LogP contribution in [0, 0.1) is 0 Å². The molecule has 9 heteroatoms. The highest BCUT2D eigenvalue weighted by Gasteiger charge is 2.19. The van der Waals surface area contributed by atoms with Gasteiger partial charge in [0.2, 0.25) is 0 Å². The summed E-state index contributed by atoms with van der Waals surface area (Å²) < 4.78 is 10.8. The smallest absolute Gasteiger partial charge is 0.407 e. The summed E-state index contributed by atoms with van der Waals surface area (Å²) in [5.41, 5.74) is 1.70. The molecule has 0 atom stereocenters. The van der Waals surface area contributed by atoms with Gasteiger partial charge < -0.3 is 19.8 Å². The molecular formula is C25H25Cl3N2O4. The van der Waals surface area contributed by atoms with E-state index in [0.29, 0.717) is 18.4 Å². The zero-order valence-electron chi connectivity index (χ0n) is 19.0. The summed E-state index contributed by atoms with van der Waals surface area (Å²) in [5.74, 6) is -0.472. The van der Waals surface area contributed by atoms with Crippen molar-refractivity contribution in [2.45, 2.75) is 39.2 Å². The van der Waals surface area contributed by atoms with Gasteiger partial charge in [-0.05, 0) is 44.9 Å². The van der Waals surface area contributed by atoms with Crippen molar-refractivity contribution in [2.24, 2.45) is 0 Å². The van der Waals surface area contributed by atoms with Crippen LogP contribution in [0.1, 0.15) is 32.8 Å². The van der Waals surface area contributed by atoms with Crippen LogP contribution < -0.4 is 10.1 Å². The Labute approximate surface area is 213 Å². The van der Waals surface area contributed by atoms with Crippen molar-refractivity contribution < 1.29 is 19.1 Å². The second kappa shape index (κ2) is 11.2. The van der Waals surface area contributed by atoms with Gasteiger partial charge in [-0.1, -0.05) is 59.1 Å². The number of ether oxygens (including phenoxy) is 2. The average Bonchev–Trinajstić information content (AvgIpc) is 3.15. The number of halogens is 3. The fourth-order valence-corrected chi connectivity index (χ4v) is 3.77. The molecule has 0 aliphatic carbocycles. The molecule has 180 valence electrons. The zero-order chi connectivity index (χ0) is 24.9. The highest BCUT2D eigenvalue weighted by molar-refractivity contribution is 6.43. The molecular weight excluding hydrogens is 499 g/mol. The maximum absolute atomic E-state index is 13.1. The number of amides is 1. The number of hydrogen-bond acceptors (Lipinski definition) is 4. The van der Waals surface area contributed by atoms with Crippen molar-refractivity contribution in [1.29, 1.82) is 0 Å². The molecule has 3 rings (SSSR count). The number of fused-ring (bicyclic) bond motifs is 1. The van der Waals surface area contributed by atoms with E-state index in [9.17, 15) is 9.59 Å². The van der Waals surface area contributed by atoms with Gasteiger partial charge >= 0.3 is 12.1 Å². The van der Waals surface area contributed by atoms with Crippen molar-refractivity contribution in [3.63, 3.8) is 0 Å². The van der Waals surface area contributed by atoms with Crippen LogP contribution in [0.5, 0.6) is 5.75 Å². The maximum Gasteiger partial charge on any atom is 0.407 e. The normalized spacial score (nSPS) is 12.0. The molecule has 34 heavy (non-hydrogen) atoms. The Balaban J connectivity index is 1.78. The van der Waals surface area contributed by atoms with Gasteiger partial charge in [0.05, 0.1) is 15.1 Å². The predicted octanol–water partition coefficient (Wildman–Crippen LogP) is 7.12. The van der Waals surface area contributed by atoms with E-state index >= 15 is 0 Å². The Kier molecular flexibility index (Phi) is 8.52. The monoisotopic (exact) mass is 522 g/mol. The first-order valence-electron chi connectivity index (χ1n) is 10.6. The van der Waals surface area contributed by atoms with Crippen molar-refractivity contribution in [3.05, 3.63) is 74.9 Å². The van der Waals surface area contributed by atoms with E-state index in [1.165, 1.54) is 12.1 Å². The Morgan fingerprint density at radius 1 is 1.06 bits per heavy atom. The number of benzene rings is 2. The topological polar surface area (TPSA) is 80.4 Å². The first kappa shape index (κ1) is 25.9. The summed E-state index contributed by atoms with van der Waals surface area (Å²) in [7, 11) is 0. The van der Waals surface area contributed by atoms with Gasteiger partial charge in [-0.3, -0.25) is 0 Å². The van der Waals surface area contributed by atoms with Crippen molar-refractivity contribution in [2.75, 3.05) is 6.54 Å². The van der Waals surface area contributed by atoms with Crippen LogP contribution in [-0.4, -0.2) is 29.2 Å². The van der Waals surface area contributed by atoms with Crippen LogP contribution in [0.15, 0.2) is 54.2 Å². The lowest BCUT2D eigenvalue weighted by molar-refractivity contribution is -0.130. The molecule has 0 saturated carbocycles. The van der Waals surface area contributed by atoms with Crippen LogP contribution in [0.25, 0.3) is 10.9 Å². The number of aromatic nitrogens is 1. The summed E-state index contributed by atoms with van der Waals surface area (Å²) in [6, 6.07) is 10.6. The fourth-order valence-electron chi connectivity index (χ4n) is 3.19. The largest absolute Gasteiger partial charge is 0.444 e. The Hall–Kier alpha value is -2.67. The summed E-state index contributed by atoms with van der Waals surface area (Å²) in [5, 5.41) is 4.32. The third-order valence-electron chi connectivity index (χ3n) is 4.70. The molecule has 0 unspecified atom stereocenters.